The number of ether oxygens (including phenoxy) is 1. The number of carbonyl (C=O) groups is 1. The Morgan fingerprint density at radius 3 is 2.25 bits per heavy atom. The molecule has 1 unspecified atom stereocenters. The van der Waals surface area contributed by atoms with Crippen molar-refractivity contribution in [2.24, 2.45) is 0 Å². The van der Waals surface area contributed by atoms with Crippen LogP contribution in [0.15, 0.2) is 0 Å². The molecule has 0 aromatic carbocycles. The summed E-state index contributed by atoms with van der Waals surface area (Å²) in [7, 11) is 0. The average Bonchev–Trinajstić information content (AvgIpc) is 2.17. The third kappa shape index (κ3) is 4.94. The summed E-state index contributed by atoms with van der Waals surface area (Å²) >= 11 is 0. The Morgan fingerprint density at radius 1 is 1.31 bits per heavy atom. The molecule has 2 N–H and O–H groups in total. The summed E-state index contributed by atoms with van der Waals surface area (Å²) in [5.41, 5.74) is -1.07. The molecule has 4 nitrogen and oxygen atoms in total. The SMILES string of the molecule is CCNC(C)(CCOC(C)(C)CC)C(=O)O. The Labute approximate surface area is 98.4 Å². The molecule has 0 aliphatic heterocycles. The number of nitrogens with one attached hydrogen (secondary N) is 1. The zero-order valence-corrected chi connectivity index (χ0v) is 11.1. The molecular formula is C12H25NO3. The lowest BCUT2D eigenvalue weighted by Crippen LogP contribution is -2.50. The molecular weight excluding hydrogens is 206 g/mol. The topological polar surface area (TPSA) is 58.6 Å². The number of rotatable bonds is 8. The molecule has 0 fully saturated rings. The van der Waals surface area contributed by atoms with Crippen LogP contribution in [0.25, 0.3) is 0 Å². The van der Waals surface area contributed by atoms with Gasteiger partial charge in [0.05, 0.1) is 5.60 Å². The average molecular weight is 231 g/mol. The number of carboxylic acids is 1. The first-order chi connectivity index (χ1) is 7.27. The molecule has 0 rings (SSSR count). The van der Waals surface area contributed by atoms with E-state index in [-0.39, 0.29) is 5.60 Å². The molecule has 0 aromatic rings. The van der Waals surface area contributed by atoms with Gasteiger partial charge in [-0.05, 0) is 40.2 Å². The van der Waals surface area contributed by atoms with E-state index in [2.05, 4.69) is 12.2 Å². The lowest BCUT2D eigenvalue weighted by molar-refractivity contribution is -0.145. The van der Waals surface area contributed by atoms with Crippen molar-refractivity contribution in [3.8, 4) is 0 Å². The van der Waals surface area contributed by atoms with Crippen LogP contribution >= 0.6 is 0 Å². The van der Waals surface area contributed by atoms with E-state index in [9.17, 15) is 4.79 Å². The minimum Gasteiger partial charge on any atom is -0.480 e. The maximum absolute atomic E-state index is 11.1. The molecule has 1 atom stereocenters. The summed E-state index contributed by atoms with van der Waals surface area (Å²) in [5, 5.41) is 12.1. The van der Waals surface area contributed by atoms with Crippen LogP contribution in [0.5, 0.6) is 0 Å². The predicted molar refractivity (Wildman–Crippen MR) is 64.7 cm³/mol. The Morgan fingerprint density at radius 2 is 1.88 bits per heavy atom. The van der Waals surface area contributed by atoms with Crippen LogP contribution in [0.2, 0.25) is 0 Å². The number of aliphatic carboxylic acids is 1. The molecule has 0 saturated heterocycles. The molecule has 96 valence electrons. The first-order valence-electron chi connectivity index (χ1n) is 5.90. The van der Waals surface area contributed by atoms with Crippen LogP contribution in [-0.4, -0.2) is 35.4 Å². The van der Waals surface area contributed by atoms with E-state index in [1.54, 1.807) is 6.92 Å². The van der Waals surface area contributed by atoms with E-state index in [4.69, 9.17) is 9.84 Å². The number of hydrogen-bond acceptors (Lipinski definition) is 3. The van der Waals surface area contributed by atoms with Crippen LogP contribution < -0.4 is 5.32 Å². The van der Waals surface area contributed by atoms with Crippen LogP contribution in [-0.2, 0) is 9.53 Å². The quantitative estimate of drug-likeness (QED) is 0.671. The van der Waals surface area contributed by atoms with Crippen LogP contribution in [0.1, 0.15) is 47.5 Å². The predicted octanol–water partition coefficient (Wildman–Crippen LogP) is 2.03. The van der Waals surface area contributed by atoms with Gasteiger partial charge in [0.15, 0.2) is 0 Å². The summed E-state index contributed by atoms with van der Waals surface area (Å²) in [5.74, 6) is -0.827. The van der Waals surface area contributed by atoms with Crippen LogP contribution in [0.4, 0.5) is 0 Å². The highest BCUT2D eigenvalue weighted by atomic mass is 16.5. The Hall–Kier alpha value is -0.610. The minimum atomic E-state index is -0.890. The van der Waals surface area contributed by atoms with Crippen molar-refractivity contribution in [1.29, 1.82) is 0 Å². The summed E-state index contributed by atoms with van der Waals surface area (Å²) in [4.78, 5) is 11.1. The van der Waals surface area contributed by atoms with Gasteiger partial charge in [0, 0.05) is 6.61 Å². The van der Waals surface area contributed by atoms with Gasteiger partial charge in [0.25, 0.3) is 0 Å². The molecule has 0 heterocycles. The Balaban J connectivity index is 4.19. The van der Waals surface area contributed by atoms with E-state index < -0.39 is 11.5 Å². The fraction of sp³-hybridized carbons (Fsp3) is 0.917. The first-order valence-corrected chi connectivity index (χ1v) is 5.90. The largest absolute Gasteiger partial charge is 0.480 e. The fourth-order valence-corrected chi connectivity index (χ4v) is 1.29. The summed E-state index contributed by atoms with van der Waals surface area (Å²) in [6.07, 6.45) is 1.39. The fourth-order valence-electron chi connectivity index (χ4n) is 1.29. The molecule has 16 heavy (non-hydrogen) atoms. The maximum atomic E-state index is 11.1. The van der Waals surface area contributed by atoms with Gasteiger partial charge in [0.1, 0.15) is 5.54 Å². The van der Waals surface area contributed by atoms with E-state index in [1.807, 2.05) is 20.8 Å². The third-order valence-corrected chi connectivity index (χ3v) is 2.99. The number of hydrogen-bond donors (Lipinski definition) is 2. The monoisotopic (exact) mass is 231 g/mol. The lowest BCUT2D eigenvalue weighted by atomic mass is 9.98. The molecule has 0 aliphatic rings. The lowest BCUT2D eigenvalue weighted by Gasteiger charge is -2.29. The number of carboxylic acid groups (broad SMARTS) is 1. The summed E-state index contributed by atoms with van der Waals surface area (Å²) in [6.45, 7) is 10.8. The van der Waals surface area contributed by atoms with Crippen molar-refractivity contribution in [3.63, 3.8) is 0 Å². The van der Waals surface area contributed by atoms with Crippen LogP contribution in [0, 0.1) is 0 Å². The molecule has 0 bridgehead atoms. The molecule has 0 saturated carbocycles. The van der Waals surface area contributed by atoms with Gasteiger partial charge in [-0.3, -0.25) is 4.79 Å². The van der Waals surface area contributed by atoms with E-state index >= 15 is 0 Å². The summed E-state index contributed by atoms with van der Waals surface area (Å²) < 4.78 is 5.67. The minimum absolute atomic E-state index is 0.175. The molecule has 0 amide bonds. The maximum Gasteiger partial charge on any atom is 0.323 e. The Kier molecular flexibility index (Phi) is 5.97. The summed E-state index contributed by atoms with van der Waals surface area (Å²) in [6, 6.07) is 0. The highest BCUT2D eigenvalue weighted by molar-refractivity contribution is 5.78. The highest BCUT2D eigenvalue weighted by Gasteiger charge is 2.32. The zero-order chi connectivity index (χ0) is 12.8. The van der Waals surface area contributed by atoms with E-state index in [1.165, 1.54) is 0 Å². The van der Waals surface area contributed by atoms with Gasteiger partial charge >= 0.3 is 5.97 Å². The third-order valence-electron chi connectivity index (χ3n) is 2.99. The normalized spacial score (nSPS) is 15.8. The molecule has 0 spiro atoms. The first kappa shape index (κ1) is 15.4. The second-order valence-electron chi connectivity index (χ2n) is 4.88. The van der Waals surface area contributed by atoms with Crippen molar-refractivity contribution < 1.29 is 14.6 Å². The van der Waals surface area contributed by atoms with Gasteiger partial charge in [-0.1, -0.05) is 13.8 Å². The van der Waals surface area contributed by atoms with Gasteiger partial charge in [-0.2, -0.15) is 0 Å². The van der Waals surface area contributed by atoms with Crippen molar-refractivity contribution in [2.75, 3.05) is 13.2 Å². The second-order valence-corrected chi connectivity index (χ2v) is 4.88. The van der Waals surface area contributed by atoms with Crippen molar-refractivity contribution in [2.45, 2.75) is 58.6 Å². The highest BCUT2D eigenvalue weighted by Crippen LogP contribution is 2.17. The van der Waals surface area contributed by atoms with Crippen LogP contribution in [0.3, 0.4) is 0 Å². The van der Waals surface area contributed by atoms with E-state index in [0.29, 0.717) is 19.6 Å². The molecule has 0 aliphatic carbocycles. The second kappa shape index (κ2) is 6.21. The van der Waals surface area contributed by atoms with Gasteiger partial charge in [0.2, 0.25) is 0 Å². The van der Waals surface area contributed by atoms with Crippen molar-refractivity contribution in [1.82, 2.24) is 5.32 Å². The molecule has 4 heteroatoms. The zero-order valence-electron chi connectivity index (χ0n) is 11.1. The smallest absolute Gasteiger partial charge is 0.323 e. The molecule has 0 radical (unpaired) electrons. The van der Waals surface area contributed by atoms with Crippen molar-refractivity contribution in [3.05, 3.63) is 0 Å². The van der Waals surface area contributed by atoms with Gasteiger partial charge in [-0.15, -0.1) is 0 Å². The van der Waals surface area contributed by atoms with Gasteiger partial charge in [-0.25, -0.2) is 0 Å². The molecule has 0 aromatic heterocycles. The standard InChI is InChI=1S/C12H25NO3/c1-6-11(3,4)16-9-8-12(5,10(14)15)13-7-2/h13H,6-9H2,1-5H3,(H,14,15). The Bertz CT molecular complexity index is 228. The number of likely N-dealkylation sites (N-methyl/N-ethyl adjacent to an activating group) is 1. The van der Waals surface area contributed by atoms with Crippen molar-refractivity contribution >= 4 is 5.97 Å². The van der Waals surface area contributed by atoms with Gasteiger partial charge < -0.3 is 15.2 Å². The van der Waals surface area contributed by atoms with E-state index in [0.717, 1.165) is 6.42 Å².